The number of nitriles is 1. The molecule has 0 aliphatic heterocycles. The number of rotatable bonds is 3. The predicted molar refractivity (Wildman–Crippen MR) is 76.9 cm³/mol. The highest BCUT2D eigenvalue weighted by molar-refractivity contribution is 5.85. The molecule has 0 saturated heterocycles. The Kier molecular flexibility index (Phi) is 3.27. The van der Waals surface area contributed by atoms with E-state index in [0.717, 1.165) is 11.8 Å². The van der Waals surface area contributed by atoms with Gasteiger partial charge in [-0.3, -0.25) is 4.79 Å². The summed E-state index contributed by atoms with van der Waals surface area (Å²) >= 11 is 0. The molecular weight excluding hydrogens is 264 g/mol. The minimum atomic E-state index is 0.477. The molecule has 0 saturated carbocycles. The fraction of sp³-hybridized carbons (Fsp3) is 0. The summed E-state index contributed by atoms with van der Waals surface area (Å²) in [6, 6.07) is 14.5. The van der Waals surface area contributed by atoms with Crippen LogP contribution in [0.25, 0.3) is 17.1 Å². The van der Waals surface area contributed by atoms with Crippen LogP contribution in [0.3, 0.4) is 0 Å². The van der Waals surface area contributed by atoms with Crippen molar-refractivity contribution in [2.75, 3.05) is 0 Å². The van der Waals surface area contributed by atoms with Gasteiger partial charge < -0.3 is 0 Å². The minimum absolute atomic E-state index is 0.477. The van der Waals surface area contributed by atoms with E-state index in [1.54, 1.807) is 41.3 Å². The molecular formula is C16H10N4O. The number of aldehydes is 1. The monoisotopic (exact) mass is 274 g/mol. The van der Waals surface area contributed by atoms with Gasteiger partial charge in [-0.15, -0.1) is 0 Å². The molecule has 1 aromatic carbocycles. The van der Waals surface area contributed by atoms with Crippen LogP contribution < -0.4 is 0 Å². The van der Waals surface area contributed by atoms with Crippen LogP contribution in [-0.4, -0.2) is 21.1 Å². The quantitative estimate of drug-likeness (QED) is 0.688. The second kappa shape index (κ2) is 5.39. The SMILES string of the molecule is N#Cc1ccc(-c2nn(-c3ccccn3)cc2C=O)cc1. The summed E-state index contributed by atoms with van der Waals surface area (Å²) in [5.74, 6) is 0.639. The summed E-state index contributed by atoms with van der Waals surface area (Å²) < 4.78 is 1.57. The van der Waals surface area contributed by atoms with E-state index in [-0.39, 0.29) is 0 Å². The van der Waals surface area contributed by atoms with Gasteiger partial charge in [0.2, 0.25) is 0 Å². The molecule has 0 atom stereocenters. The average Bonchev–Trinajstić information content (AvgIpc) is 3.00. The van der Waals surface area contributed by atoms with Gasteiger partial charge in [-0.2, -0.15) is 10.4 Å². The third-order valence-corrected chi connectivity index (χ3v) is 3.04. The molecule has 0 radical (unpaired) electrons. The lowest BCUT2D eigenvalue weighted by Gasteiger charge is -1.99. The van der Waals surface area contributed by atoms with Crippen LogP contribution in [0.2, 0.25) is 0 Å². The molecule has 2 heterocycles. The molecule has 0 bridgehead atoms. The Bertz CT molecular complexity index is 814. The number of nitrogens with zero attached hydrogens (tertiary/aromatic N) is 4. The first kappa shape index (κ1) is 12.8. The molecule has 0 amide bonds. The Morgan fingerprint density at radius 2 is 1.95 bits per heavy atom. The number of hydrogen-bond donors (Lipinski definition) is 0. The molecule has 0 N–H and O–H groups in total. The predicted octanol–water partition coefficient (Wildman–Crippen LogP) is 2.62. The molecule has 21 heavy (non-hydrogen) atoms. The maximum absolute atomic E-state index is 11.2. The molecule has 0 spiro atoms. The van der Waals surface area contributed by atoms with Crippen molar-refractivity contribution in [3.63, 3.8) is 0 Å². The van der Waals surface area contributed by atoms with Gasteiger partial charge >= 0.3 is 0 Å². The summed E-state index contributed by atoms with van der Waals surface area (Å²) in [5.41, 5.74) is 2.40. The Hall–Kier alpha value is -3.26. The second-order valence-electron chi connectivity index (χ2n) is 4.37. The first-order chi connectivity index (χ1) is 10.3. The van der Waals surface area contributed by atoms with Crippen molar-refractivity contribution in [3.05, 3.63) is 66.0 Å². The molecule has 0 unspecified atom stereocenters. The van der Waals surface area contributed by atoms with Crippen LogP contribution in [0.15, 0.2) is 54.9 Å². The van der Waals surface area contributed by atoms with Crippen LogP contribution in [-0.2, 0) is 0 Å². The lowest BCUT2D eigenvalue weighted by molar-refractivity contribution is 0.112. The maximum atomic E-state index is 11.2. The number of carbonyl (C=O) groups excluding carboxylic acids is 1. The lowest BCUT2D eigenvalue weighted by Crippen LogP contribution is -1.97. The Morgan fingerprint density at radius 1 is 1.14 bits per heavy atom. The first-order valence-electron chi connectivity index (χ1n) is 6.28. The number of pyridine rings is 1. The number of benzene rings is 1. The molecule has 3 aromatic rings. The Morgan fingerprint density at radius 3 is 2.57 bits per heavy atom. The van der Waals surface area contributed by atoms with Crippen molar-refractivity contribution < 1.29 is 4.79 Å². The third kappa shape index (κ3) is 2.42. The molecule has 0 fully saturated rings. The van der Waals surface area contributed by atoms with Crippen molar-refractivity contribution in [1.29, 1.82) is 5.26 Å². The smallest absolute Gasteiger partial charge is 0.153 e. The minimum Gasteiger partial charge on any atom is -0.298 e. The van der Waals surface area contributed by atoms with Crippen LogP contribution in [0, 0.1) is 11.3 Å². The zero-order valence-electron chi connectivity index (χ0n) is 11.0. The van der Waals surface area contributed by atoms with Crippen LogP contribution in [0.5, 0.6) is 0 Å². The molecule has 5 heteroatoms. The van der Waals surface area contributed by atoms with E-state index in [0.29, 0.717) is 22.6 Å². The Balaban J connectivity index is 2.08. The number of aromatic nitrogens is 3. The van der Waals surface area contributed by atoms with Crippen molar-refractivity contribution in [2.24, 2.45) is 0 Å². The van der Waals surface area contributed by atoms with Crippen molar-refractivity contribution in [2.45, 2.75) is 0 Å². The van der Waals surface area contributed by atoms with Gasteiger partial charge in [0.05, 0.1) is 17.2 Å². The van der Waals surface area contributed by atoms with Crippen molar-refractivity contribution in [3.8, 4) is 23.1 Å². The summed E-state index contributed by atoms with van der Waals surface area (Å²) in [7, 11) is 0. The van der Waals surface area contributed by atoms with Crippen LogP contribution in [0.4, 0.5) is 0 Å². The van der Waals surface area contributed by atoms with Gasteiger partial charge in [0.1, 0.15) is 5.69 Å². The standard InChI is InChI=1S/C16H10N4O/c17-9-12-4-6-13(7-5-12)16-14(11-21)10-20(19-16)15-3-1-2-8-18-15/h1-8,10-11H. The summed E-state index contributed by atoms with van der Waals surface area (Å²) in [5, 5.41) is 13.2. The number of carbonyl (C=O) groups is 1. The zero-order valence-corrected chi connectivity index (χ0v) is 11.0. The van der Waals surface area contributed by atoms with Gasteiger partial charge in [-0.25, -0.2) is 9.67 Å². The van der Waals surface area contributed by atoms with Crippen molar-refractivity contribution in [1.82, 2.24) is 14.8 Å². The van der Waals surface area contributed by atoms with Gasteiger partial charge in [-0.1, -0.05) is 18.2 Å². The highest BCUT2D eigenvalue weighted by atomic mass is 16.1. The van der Waals surface area contributed by atoms with Gasteiger partial charge in [0.25, 0.3) is 0 Å². The fourth-order valence-electron chi connectivity index (χ4n) is 2.01. The largest absolute Gasteiger partial charge is 0.298 e. The maximum Gasteiger partial charge on any atom is 0.153 e. The van der Waals surface area contributed by atoms with Crippen LogP contribution >= 0.6 is 0 Å². The molecule has 5 nitrogen and oxygen atoms in total. The van der Waals surface area contributed by atoms with E-state index >= 15 is 0 Å². The molecule has 2 aromatic heterocycles. The molecule has 3 rings (SSSR count). The lowest BCUT2D eigenvalue weighted by atomic mass is 10.1. The van der Waals surface area contributed by atoms with Crippen molar-refractivity contribution >= 4 is 6.29 Å². The molecule has 100 valence electrons. The van der Waals surface area contributed by atoms with E-state index in [2.05, 4.69) is 16.2 Å². The highest BCUT2D eigenvalue weighted by Crippen LogP contribution is 2.22. The van der Waals surface area contributed by atoms with Gasteiger partial charge in [-0.05, 0) is 24.3 Å². The summed E-state index contributed by atoms with van der Waals surface area (Å²) in [6.07, 6.45) is 4.07. The molecule has 0 aliphatic carbocycles. The van der Waals surface area contributed by atoms with Gasteiger partial charge in [0, 0.05) is 18.0 Å². The second-order valence-corrected chi connectivity index (χ2v) is 4.37. The normalized spacial score (nSPS) is 10.0. The van der Waals surface area contributed by atoms with Gasteiger partial charge in [0.15, 0.2) is 12.1 Å². The zero-order chi connectivity index (χ0) is 14.7. The summed E-state index contributed by atoms with van der Waals surface area (Å²) in [4.78, 5) is 15.4. The average molecular weight is 274 g/mol. The Labute approximate surface area is 121 Å². The van der Waals surface area contributed by atoms with Crippen LogP contribution in [0.1, 0.15) is 15.9 Å². The topological polar surface area (TPSA) is 71.6 Å². The van der Waals surface area contributed by atoms with E-state index < -0.39 is 0 Å². The van der Waals surface area contributed by atoms with E-state index in [1.807, 2.05) is 18.2 Å². The van der Waals surface area contributed by atoms with E-state index in [1.165, 1.54) is 0 Å². The first-order valence-corrected chi connectivity index (χ1v) is 6.28. The molecule has 0 aliphatic rings. The number of hydrogen-bond acceptors (Lipinski definition) is 4. The van der Waals surface area contributed by atoms with E-state index in [4.69, 9.17) is 5.26 Å². The fourth-order valence-corrected chi connectivity index (χ4v) is 2.01. The third-order valence-electron chi connectivity index (χ3n) is 3.04. The highest BCUT2D eigenvalue weighted by Gasteiger charge is 2.12. The summed E-state index contributed by atoms with van der Waals surface area (Å²) in [6.45, 7) is 0. The van der Waals surface area contributed by atoms with E-state index in [9.17, 15) is 4.79 Å².